The van der Waals surface area contributed by atoms with Gasteiger partial charge in [0.25, 0.3) is 11.5 Å². The first-order chi connectivity index (χ1) is 10.7. The Morgan fingerprint density at radius 2 is 2.00 bits per heavy atom. The fraction of sp³-hybridized carbons (Fsp3) is 0.467. The lowest BCUT2D eigenvalue weighted by Gasteiger charge is -2.04. The maximum atomic E-state index is 12.2. The fourth-order valence-electron chi connectivity index (χ4n) is 2.47. The van der Waals surface area contributed by atoms with Crippen LogP contribution in [0.25, 0.3) is 0 Å². The molecule has 2 aromatic rings. The molecule has 2 heterocycles. The second-order valence-corrected chi connectivity index (χ2v) is 6.07. The van der Waals surface area contributed by atoms with E-state index in [4.69, 9.17) is 0 Å². The highest BCUT2D eigenvalue weighted by atomic mass is 16.2. The van der Waals surface area contributed by atoms with Gasteiger partial charge in [-0.2, -0.15) is 5.10 Å². The number of nitrogens with zero attached hydrogens (tertiary/aromatic N) is 2. The average Bonchev–Trinajstić information content (AvgIpc) is 3.42. The first kappa shape index (κ1) is 13.2. The Bertz CT molecular complexity index is 770. The van der Waals surface area contributed by atoms with E-state index in [0.29, 0.717) is 24.2 Å². The predicted octanol–water partition coefficient (Wildman–Crippen LogP) is 1.18. The summed E-state index contributed by atoms with van der Waals surface area (Å²) in [6.45, 7) is 0.353. The van der Waals surface area contributed by atoms with Crippen LogP contribution in [0.15, 0.2) is 16.9 Å². The van der Waals surface area contributed by atoms with Gasteiger partial charge in [-0.3, -0.25) is 14.7 Å². The predicted molar refractivity (Wildman–Crippen MR) is 78.6 cm³/mol. The van der Waals surface area contributed by atoms with Crippen molar-refractivity contribution in [2.24, 2.45) is 0 Å². The molecule has 22 heavy (non-hydrogen) atoms. The van der Waals surface area contributed by atoms with Crippen LogP contribution in [0.4, 0.5) is 0 Å². The third kappa shape index (κ3) is 2.79. The molecule has 0 spiro atoms. The molecule has 2 aliphatic rings. The van der Waals surface area contributed by atoms with E-state index in [2.05, 4.69) is 25.5 Å². The van der Waals surface area contributed by atoms with Crippen molar-refractivity contribution < 1.29 is 4.79 Å². The second kappa shape index (κ2) is 5.08. The number of aromatic amines is 2. The fourth-order valence-corrected chi connectivity index (χ4v) is 2.47. The van der Waals surface area contributed by atoms with Gasteiger partial charge in [0, 0.05) is 17.9 Å². The van der Waals surface area contributed by atoms with E-state index in [0.717, 1.165) is 24.2 Å². The quantitative estimate of drug-likeness (QED) is 0.771. The van der Waals surface area contributed by atoms with E-state index in [-0.39, 0.29) is 17.2 Å². The third-order valence-corrected chi connectivity index (χ3v) is 4.04. The van der Waals surface area contributed by atoms with Crippen molar-refractivity contribution in [3.63, 3.8) is 0 Å². The molecule has 0 aromatic carbocycles. The smallest absolute Gasteiger partial charge is 0.270 e. The van der Waals surface area contributed by atoms with Crippen molar-refractivity contribution in [2.45, 2.75) is 44.1 Å². The molecule has 7 nitrogen and oxygen atoms in total. The number of rotatable bonds is 5. The molecule has 3 N–H and O–H groups in total. The van der Waals surface area contributed by atoms with Crippen LogP contribution in [0, 0.1) is 0 Å². The minimum absolute atomic E-state index is 0.174. The minimum atomic E-state index is -0.337. The molecule has 4 rings (SSSR count). The van der Waals surface area contributed by atoms with Crippen LogP contribution in [0.2, 0.25) is 0 Å². The van der Waals surface area contributed by atoms with Crippen LogP contribution >= 0.6 is 0 Å². The summed E-state index contributed by atoms with van der Waals surface area (Å²) in [5.74, 6) is 1.16. The van der Waals surface area contributed by atoms with Gasteiger partial charge in [0.05, 0.1) is 17.9 Å². The standard InChI is InChI=1S/C15H17N5O2/c21-13-6-12(17-14(18-13)9-3-4-9)15(22)16-7-10-5-11(20-19-10)8-1-2-8/h5-6,8-9H,1-4,7H2,(H,16,22)(H,19,20)(H,17,18,21). The summed E-state index contributed by atoms with van der Waals surface area (Å²) < 4.78 is 0. The molecule has 0 unspecified atom stereocenters. The van der Waals surface area contributed by atoms with Gasteiger partial charge in [-0.1, -0.05) is 0 Å². The molecule has 0 atom stereocenters. The summed E-state index contributed by atoms with van der Waals surface area (Å²) >= 11 is 0. The van der Waals surface area contributed by atoms with Crippen LogP contribution in [0.3, 0.4) is 0 Å². The van der Waals surface area contributed by atoms with Crippen molar-refractivity contribution in [1.82, 2.24) is 25.5 Å². The Kier molecular flexibility index (Phi) is 3.06. The lowest BCUT2D eigenvalue weighted by Crippen LogP contribution is -2.26. The molecular formula is C15H17N5O2. The van der Waals surface area contributed by atoms with Gasteiger partial charge < -0.3 is 10.3 Å². The maximum Gasteiger partial charge on any atom is 0.270 e. The van der Waals surface area contributed by atoms with E-state index < -0.39 is 0 Å². The molecule has 114 valence electrons. The molecular weight excluding hydrogens is 282 g/mol. The largest absolute Gasteiger partial charge is 0.345 e. The van der Waals surface area contributed by atoms with Gasteiger partial charge in [0.2, 0.25) is 0 Å². The molecule has 2 aliphatic carbocycles. The van der Waals surface area contributed by atoms with Crippen molar-refractivity contribution in [3.8, 4) is 0 Å². The summed E-state index contributed by atoms with van der Waals surface area (Å²) in [4.78, 5) is 30.7. The molecule has 2 fully saturated rings. The lowest BCUT2D eigenvalue weighted by molar-refractivity contribution is 0.0945. The van der Waals surface area contributed by atoms with Gasteiger partial charge in [0.15, 0.2) is 0 Å². The zero-order valence-corrected chi connectivity index (χ0v) is 12.1. The summed E-state index contributed by atoms with van der Waals surface area (Å²) in [6, 6.07) is 3.22. The summed E-state index contributed by atoms with van der Waals surface area (Å²) in [7, 11) is 0. The maximum absolute atomic E-state index is 12.2. The molecule has 7 heteroatoms. The topological polar surface area (TPSA) is 104 Å². The monoisotopic (exact) mass is 299 g/mol. The summed E-state index contributed by atoms with van der Waals surface area (Å²) in [5, 5.41) is 9.95. The molecule has 2 saturated carbocycles. The highest BCUT2D eigenvalue weighted by molar-refractivity contribution is 5.92. The third-order valence-electron chi connectivity index (χ3n) is 4.04. The zero-order valence-electron chi connectivity index (χ0n) is 12.1. The number of nitrogens with one attached hydrogen (secondary N) is 3. The number of hydrogen-bond acceptors (Lipinski definition) is 4. The van der Waals surface area contributed by atoms with Crippen molar-refractivity contribution >= 4 is 5.91 Å². The Morgan fingerprint density at radius 3 is 2.73 bits per heavy atom. The van der Waals surface area contributed by atoms with Gasteiger partial charge in [0.1, 0.15) is 11.5 Å². The number of hydrogen-bond donors (Lipinski definition) is 3. The number of carbonyl (C=O) groups excluding carboxylic acids is 1. The number of amides is 1. The van der Waals surface area contributed by atoms with Gasteiger partial charge in [-0.05, 0) is 31.7 Å². The molecule has 1 amide bonds. The van der Waals surface area contributed by atoms with Crippen LogP contribution in [-0.2, 0) is 6.54 Å². The van der Waals surface area contributed by atoms with Crippen LogP contribution in [0.5, 0.6) is 0 Å². The van der Waals surface area contributed by atoms with Gasteiger partial charge >= 0.3 is 0 Å². The Morgan fingerprint density at radius 1 is 1.23 bits per heavy atom. The highest BCUT2D eigenvalue weighted by Crippen LogP contribution is 2.39. The zero-order chi connectivity index (χ0) is 15.1. The normalized spacial score (nSPS) is 17.5. The molecule has 0 aliphatic heterocycles. The average molecular weight is 299 g/mol. The van der Waals surface area contributed by atoms with Crippen molar-refractivity contribution in [1.29, 1.82) is 0 Å². The van der Waals surface area contributed by atoms with Crippen LogP contribution in [0.1, 0.15) is 65.2 Å². The SMILES string of the molecule is O=C(NCc1cc(C2CC2)n[nH]1)c1cc(=O)[nH]c(C2CC2)n1. The lowest BCUT2D eigenvalue weighted by atomic mass is 10.2. The first-order valence-electron chi connectivity index (χ1n) is 7.62. The minimum Gasteiger partial charge on any atom is -0.345 e. The molecule has 0 bridgehead atoms. The van der Waals surface area contributed by atoms with E-state index in [9.17, 15) is 9.59 Å². The number of H-pyrrole nitrogens is 2. The van der Waals surface area contributed by atoms with Crippen LogP contribution in [-0.4, -0.2) is 26.1 Å². The molecule has 0 radical (unpaired) electrons. The second-order valence-electron chi connectivity index (χ2n) is 6.07. The molecule has 2 aromatic heterocycles. The number of aromatic nitrogens is 4. The van der Waals surface area contributed by atoms with Crippen LogP contribution < -0.4 is 10.9 Å². The van der Waals surface area contributed by atoms with E-state index in [1.165, 1.54) is 18.9 Å². The van der Waals surface area contributed by atoms with E-state index in [1.807, 2.05) is 6.07 Å². The summed E-state index contributed by atoms with van der Waals surface area (Å²) in [6.07, 6.45) is 4.42. The summed E-state index contributed by atoms with van der Waals surface area (Å²) in [5.41, 5.74) is 1.82. The van der Waals surface area contributed by atoms with Crippen molar-refractivity contribution in [3.05, 3.63) is 45.4 Å². The first-order valence-corrected chi connectivity index (χ1v) is 7.62. The Balaban J connectivity index is 1.43. The molecule has 0 saturated heterocycles. The Labute approximate surface area is 126 Å². The highest BCUT2D eigenvalue weighted by Gasteiger charge is 2.27. The van der Waals surface area contributed by atoms with E-state index >= 15 is 0 Å². The van der Waals surface area contributed by atoms with Gasteiger partial charge in [-0.15, -0.1) is 0 Å². The van der Waals surface area contributed by atoms with E-state index in [1.54, 1.807) is 0 Å². The van der Waals surface area contributed by atoms with Crippen molar-refractivity contribution in [2.75, 3.05) is 0 Å². The Hall–Kier alpha value is -2.44. The number of carbonyl (C=O) groups is 1. The van der Waals surface area contributed by atoms with Gasteiger partial charge in [-0.25, -0.2) is 4.98 Å².